The van der Waals surface area contributed by atoms with Crippen LogP contribution in [-0.4, -0.2) is 24.6 Å². The van der Waals surface area contributed by atoms with E-state index < -0.39 is 0 Å². The van der Waals surface area contributed by atoms with Crippen molar-refractivity contribution in [2.45, 2.75) is 5.88 Å². The third-order valence-corrected chi connectivity index (χ3v) is 3.89. The predicted octanol–water partition coefficient (Wildman–Crippen LogP) is 3.73. The highest BCUT2D eigenvalue weighted by Crippen LogP contribution is 2.27. The van der Waals surface area contributed by atoms with Crippen molar-refractivity contribution in [3.8, 4) is 11.3 Å². The number of hydrogen-bond donors (Lipinski definition) is 0. The molecule has 5 nitrogen and oxygen atoms in total. The summed E-state index contributed by atoms with van der Waals surface area (Å²) in [6.07, 6.45) is 0. The molecule has 0 aliphatic rings. The maximum absolute atomic E-state index is 6.30. The van der Waals surface area contributed by atoms with Crippen LogP contribution in [-0.2, 0) is 5.88 Å². The Labute approximate surface area is 135 Å². The van der Waals surface area contributed by atoms with Crippen LogP contribution in [0.2, 0.25) is 5.15 Å². The number of alkyl halides is 1. The summed E-state index contributed by atoms with van der Waals surface area (Å²) in [5.74, 6) is 0.864. The van der Waals surface area contributed by atoms with Crippen molar-refractivity contribution in [2.24, 2.45) is 0 Å². The Morgan fingerprint density at radius 2 is 1.77 bits per heavy atom. The third kappa shape index (κ3) is 2.01. The van der Waals surface area contributed by atoms with Crippen LogP contribution in [0.25, 0.3) is 28.1 Å². The van der Waals surface area contributed by atoms with Gasteiger partial charge in [0.25, 0.3) is 0 Å². The van der Waals surface area contributed by atoms with Gasteiger partial charge in [0.05, 0.1) is 5.88 Å². The van der Waals surface area contributed by atoms with Crippen LogP contribution in [0.1, 0.15) is 5.82 Å². The lowest BCUT2D eigenvalue weighted by atomic mass is 10.1. The second kappa shape index (κ2) is 5.19. The van der Waals surface area contributed by atoms with Crippen LogP contribution in [0.3, 0.4) is 0 Å². The first-order valence-electron chi connectivity index (χ1n) is 6.59. The predicted molar refractivity (Wildman–Crippen MR) is 86.1 cm³/mol. The Kier molecular flexibility index (Phi) is 3.17. The van der Waals surface area contributed by atoms with E-state index in [0.29, 0.717) is 33.5 Å². The first-order chi connectivity index (χ1) is 10.8. The lowest BCUT2D eigenvalue weighted by molar-refractivity contribution is 0.992. The standard InChI is InChI=1S/C15H9Cl2N5/c16-8-12-21-20-11-7-6-10-15(22(11)12)19-13(14(17)18-10)9-4-2-1-3-5-9/h1-7H,8H2. The maximum Gasteiger partial charge on any atom is 0.166 e. The number of aromatic nitrogens is 5. The van der Waals surface area contributed by atoms with Crippen molar-refractivity contribution in [3.05, 3.63) is 53.4 Å². The number of benzene rings is 1. The highest BCUT2D eigenvalue weighted by Gasteiger charge is 2.14. The van der Waals surface area contributed by atoms with Crippen LogP contribution in [0.5, 0.6) is 0 Å². The van der Waals surface area contributed by atoms with Crippen LogP contribution >= 0.6 is 23.2 Å². The van der Waals surface area contributed by atoms with Gasteiger partial charge in [0.15, 0.2) is 22.3 Å². The summed E-state index contributed by atoms with van der Waals surface area (Å²) in [6.45, 7) is 0. The molecule has 3 aromatic heterocycles. The molecule has 0 N–H and O–H groups in total. The lowest BCUT2D eigenvalue weighted by Crippen LogP contribution is -2.00. The highest BCUT2D eigenvalue weighted by molar-refractivity contribution is 6.32. The molecule has 0 saturated carbocycles. The van der Waals surface area contributed by atoms with E-state index in [1.165, 1.54) is 0 Å². The van der Waals surface area contributed by atoms with Gasteiger partial charge in [-0.25, -0.2) is 9.97 Å². The molecule has 22 heavy (non-hydrogen) atoms. The number of pyridine rings is 1. The summed E-state index contributed by atoms with van der Waals surface area (Å²) in [4.78, 5) is 9.12. The Bertz CT molecular complexity index is 981. The zero-order chi connectivity index (χ0) is 15.1. The van der Waals surface area contributed by atoms with E-state index in [4.69, 9.17) is 23.2 Å². The van der Waals surface area contributed by atoms with E-state index in [9.17, 15) is 0 Å². The van der Waals surface area contributed by atoms with Gasteiger partial charge in [-0.2, -0.15) is 0 Å². The molecule has 3 heterocycles. The molecular weight excluding hydrogens is 321 g/mol. The van der Waals surface area contributed by atoms with Crippen molar-refractivity contribution >= 4 is 40.0 Å². The van der Waals surface area contributed by atoms with Gasteiger partial charge in [0.2, 0.25) is 0 Å². The molecule has 4 aromatic rings. The van der Waals surface area contributed by atoms with E-state index in [-0.39, 0.29) is 5.88 Å². The molecular formula is C15H9Cl2N5. The first kappa shape index (κ1) is 13.4. The molecule has 0 amide bonds. The molecule has 0 fully saturated rings. The molecule has 0 unspecified atom stereocenters. The Morgan fingerprint density at radius 3 is 2.55 bits per heavy atom. The summed E-state index contributed by atoms with van der Waals surface area (Å²) < 4.78 is 1.80. The van der Waals surface area contributed by atoms with Gasteiger partial charge in [-0.1, -0.05) is 41.9 Å². The van der Waals surface area contributed by atoms with Crippen LogP contribution in [0, 0.1) is 0 Å². The fraction of sp³-hybridized carbons (Fsp3) is 0.0667. The molecule has 108 valence electrons. The second-order valence-corrected chi connectivity index (χ2v) is 5.34. The summed E-state index contributed by atoms with van der Waals surface area (Å²) in [7, 11) is 0. The van der Waals surface area contributed by atoms with Crippen molar-refractivity contribution in [2.75, 3.05) is 0 Å². The zero-order valence-electron chi connectivity index (χ0n) is 11.2. The molecule has 0 spiro atoms. The minimum Gasteiger partial charge on any atom is -0.260 e. The molecule has 0 saturated heterocycles. The highest BCUT2D eigenvalue weighted by atomic mass is 35.5. The molecule has 4 rings (SSSR count). The average Bonchev–Trinajstić information content (AvgIpc) is 2.98. The molecule has 0 aliphatic heterocycles. The van der Waals surface area contributed by atoms with Crippen LogP contribution in [0.15, 0.2) is 42.5 Å². The molecule has 0 aliphatic carbocycles. The summed E-state index contributed by atoms with van der Waals surface area (Å²) in [5.41, 5.74) is 3.51. The van der Waals surface area contributed by atoms with E-state index in [2.05, 4.69) is 20.2 Å². The van der Waals surface area contributed by atoms with Gasteiger partial charge >= 0.3 is 0 Å². The van der Waals surface area contributed by atoms with Crippen molar-refractivity contribution < 1.29 is 0 Å². The van der Waals surface area contributed by atoms with Gasteiger partial charge in [0.1, 0.15) is 11.2 Å². The average molecular weight is 330 g/mol. The monoisotopic (exact) mass is 329 g/mol. The summed E-state index contributed by atoms with van der Waals surface area (Å²) >= 11 is 12.2. The molecule has 7 heteroatoms. The minimum atomic E-state index is 0.241. The third-order valence-electron chi connectivity index (χ3n) is 3.38. The smallest absolute Gasteiger partial charge is 0.166 e. The summed E-state index contributed by atoms with van der Waals surface area (Å²) in [5, 5.41) is 8.52. The van der Waals surface area contributed by atoms with E-state index in [0.717, 1.165) is 5.56 Å². The quantitative estimate of drug-likeness (QED) is 0.526. The van der Waals surface area contributed by atoms with Crippen molar-refractivity contribution in [3.63, 3.8) is 0 Å². The fourth-order valence-electron chi connectivity index (χ4n) is 2.38. The van der Waals surface area contributed by atoms with E-state index >= 15 is 0 Å². The second-order valence-electron chi connectivity index (χ2n) is 4.71. The van der Waals surface area contributed by atoms with Crippen LogP contribution in [0.4, 0.5) is 0 Å². The molecule has 0 bridgehead atoms. The van der Waals surface area contributed by atoms with E-state index in [1.807, 2.05) is 42.5 Å². The molecule has 0 atom stereocenters. The van der Waals surface area contributed by atoms with Gasteiger partial charge in [0, 0.05) is 5.56 Å². The minimum absolute atomic E-state index is 0.241. The van der Waals surface area contributed by atoms with Gasteiger partial charge < -0.3 is 0 Å². The van der Waals surface area contributed by atoms with Crippen molar-refractivity contribution in [1.29, 1.82) is 0 Å². The van der Waals surface area contributed by atoms with Gasteiger partial charge in [-0.05, 0) is 12.1 Å². The summed E-state index contributed by atoms with van der Waals surface area (Å²) in [6, 6.07) is 13.3. The topological polar surface area (TPSA) is 56.0 Å². The first-order valence-corrected chi connectivity index (χ1v) is 7.51. The largest absolute Gasteiger partial charge is 0.260 e. The number of nitrogens with zero attached hydrogens (tertiary/aromatic N) is 5. The Morgan fingerprint density at radius 1 is 0.955 bits per heavy atom. The number of hydrogen-bond acceptors (Lipinski definition) is 4. The van der Waals surface area contributed by atoms with E-state index in [1.54, 1.807) is 4.40 Å². The number of halogens is 2. The lowest BCUT2D eigenvalue weighted by Gasteiger charge is -2.07. The maximum atomic E-state index is 6.30. The Hall–Kier alpha value is -2.24. The SMILES string of the molecule is ClCc1nnc2ccc3nc(Cl)c(-c4ccccc4)nc3n12. The Balaban J connectivity index is 2.10. The normalized spacial score (nSPS) is 11.4. The molecule has 0 radical (unpaired) electrons. The fourth-order valence-corrected chi connectivity index (χ4v) is 2.80. The number of fused-ring (bicyclic) bond motifs is 3. The zero-order valence-corrected chi connectivity index (χ0v) is 12.8. The van der Waals surface area contributed by atoms with Gasteiger partial charge in [-0.3, -0.25) is 4.40 Å². The molecule has 1 aromatic carbocycles. The van der Waals surface area contributed by atoms with Crippen molar-refractivity contribution in [1.82, 2.24) is 24.6 Å². The van der Waals surface area contributed by atoms with Gasteiger partial charge in [-0.15, -0.1) is 21.8 Å². The number of rotatable bonds is 2. The van der Waals surface area contributed by atoms with Crippen LogP contribution < -0.4 is 0 Å².